The second kappa shape index (κ2) is 7.37. The predicted molar refractivity (Wildman–Crippen MR) is 100 cm³/mol. The Morgan fingerprint density at radius 2 is 2.19 bits per heavy atom. The molecular weight excluding hydrogens is 348 g/mol. The number of ether oxygens (including phenoxy) is 1. The zero-order valence-electron chi connectivity index (χ0n) is 15.1. The molecule has 1 aliphatic heterocycles. The van der Waals surface area contributed by atoms with Crippen molar-refractivity contribution in [2.24, 2.45) is 0 Å². The van der Waals surface area contributed by atoms with Crippen LogP contribution >= 0.6 is 0 Å². The Hall–Kier alpha value is -2.91. The number of fused-ring (bicyclic) bond motifs is 1. The number of H-pyrrole nitrogens is 1. The van der Waals surface area contributed by atoms with Crippen molar-refractivity contribution >= 4 is 17.4 Å². The quantitative estimate of drug-likeness (QED) is 0.603. The number of nitrogens with zero attached hydrogens (tertiary/aromatic N) is 4. The molecule has 0 spiro atoms. The lowest BCUT2D eigenvalue weighted by Gasteiger charge is -2.26. The summed E-state index contributed by atoms with van der Waals surface area (Å²) in [6.07, 6.45) is 3.23. The molecule has 4 heterocycles. The Balaban J connectivity index is 1.67. The van der Waals surface area contributed by atoms with Gasteiger partial charge in [-0.15, -0.1) is 0 Å². The van der Waals surface area contributed by atoms with Crippen molar-refractivity contribution in [2.75, 3.05) is 44.7 Å². The highest BCUT2D eigenvalue weighted by Crippen LogP contribution is 2.29. The lowest BCUT2D eigenvalue weighted by atomic mass is 10.2. The van der Waals surface area contributed by atoms with Crippen molar-refractivity contribution in [1.82, 2.24) is 24.3 Å². The molecule has 0 aromatic carbocycles. The van der Waals surface area contributed by atoms with E-state index in [0.29, 0.717) is 12.2 Å². The number of aryl methyl sites for hydroxylation is 1. The molecular formula is C18H22N6O3. The highest BCUT2D eigenvalue weighted by molar-refractivity contribution is 5.88. The third-order valence-electron chi connectivity index (χ3n) is 4.76. The number of carboxylic acid groups (broad SMARTS) is 1. The van der Waals surface area contributed by atoms with Gasteiger partial charge in [0.25, 0.3) is 0 Å². The number of aromatic amines is 1. The summed E-state index contributed by atoms with van der Waals surface area (Å²) in [4.78, 5) is 25.8. The molecule has 0 amide bonds. The van der Waals surface area contributed by atoms with E-state index in [4.69, 9.17) is 4.74 Å². The van der Waals surface area contributed by atoms with E-state index in [9.17, 15) is 9.90 Å². The third kappa shape index (κ3) is 3.51. The molecule has 1 saturated heterocycles. The van der Waals surface area contributed by atoms with Gasteiger partial charge in [0.1, 0.15) is 17.2 Å². The number of aromatic carboxylic acids is 1. The van der Waals surface area contributed by atoms with Gasteiger partial charge in [-0.3, -0.25) is 9.30 Å². The number of rotatable bonds is 6. The van der Waals surface area contributed by atoms with Gasteiger partial charge in [-0.2, -0.15) is 0 Å². The number of hydrogen-bond donors (Lipinski definition) is 3. The number of nitrogens with one attached hydrogen (secondary N) is 2. The molecule has 0 atom stereocenters. The second-order valence-electron chi connectivity index (χ2n) is 6.50. The van der Waals surface area contributed by atoms with Gasteiger partial charge in [0, 0.05) is 32.4 Å². The number of carbonyl (C=O) groups is 1. The smallest absolute Gasteiger partial charge is 0.337 e. The van der Waals surface area contributed by atoms with E-state index in [1.165, 1.54) is 0 Å². The van der Waals surface area contributed by atoms with E-state index < -0.39 is 5.97 Å². The van der Waals surface area contributed by atoms with Gasteiger partial charge in [-0.1, -0.05) is 0 Å². The molecule has 1 aliphatic rings. The lowest BCUT2D eigenvalue weighted by Crippen LogP contribution is -2.39. The fourth-order valence-electron chi connectivity index (χ4n) is 3.27. The summed E-state index contributed by atoms with van der Waals surface area (Å²) >= 11 is 0. The number of pyridine rings is 1. The Morgan fingerprint density at radius 3 is 2.89 bits per heavy atom. The molecule has 3 aromatic heterocycles. The highest BCUT2D eigenvalue weighted by atomic mass is 16.5. The van der Waals surface area contributed by atoms with Crippen molar-refractivity contribution in [3.63, 3.8) is 0 Å². The summed E-state index contributed by atoms with van der Waals surface area (Å²) in [6.45, 7) is 6.86. The van der Waals surface area contributed by atoms with Gasteiger partial charge in [-0.05, 0) is 19.1 Å². The summed E-state index contributed by atoms with van der Waals surface area (Å²) < 4.78 is 7.17. The van der Waals surface area contributed by atoms with Crippen molar-refractivity contribution in [3.05, 3.63) is 35.9 Å². The Labute approximate surface area is 156 Å². The fourth-order valence-corrected chi connectivity index (χ4v) is 3.27. The molecule has 0 unspecified atom stereocenters. The topological polar surface area (TPSA) is 108 Å². The molecule has 4 rings (SSSR count). The number of aromatic nitrogens is 4. The molecule has 0 radical (unpaired) electrons. The number of carboxylic acids is 1. The minimum Gasteiger partial charge on any atom is -0.478 e. The minimum atomic E-state index is -0.968. The van der Waals surface area contributed by atoms with E-state index in [1.807, 2.05) is 6.92 Å². The first-order valence-electron chi connectivity index (χ1n) is 8.93. The van der Waals surface area contributed by atoms with E-state index in [0.717, 1.165) is 55.7 Å². The SMILES string of the molecule is Cc1nc[nH]c1-c1nc2ccc(C(=O)O)cn2c1NCCN1CCOCC1. The van der Waals surface area contributed by atoms with Crippen LogP contribution in [0.3, 0.4) is 0 Å². The van der Waals surface area contributed by atoms with Crippen LogP contribution in [0.2, 0.25) is 0 Å². The largest absolute Gasteiger partial charge is 0.478 e. The average Bonchev–Trinajstić information content (AvgIpc) is 3.25. The van der Waals surface area contributed by atoms with Gasteiger partial charge < -0.3 is 20.1 Å². The molecule has 142 valence electrons. The minimum absolute atomic E-state index is 0.212. The van der Waals surface area contributed by atoms with Crippen LogP contribution in [-0.4, -0.2) is 74.7 Å². The zero-order chi connectivity index (χ0) is 18.8. The van der Waals surface area contributed by atoms with Crippen LogP contribution in [0.1, 0.15) is 16.1 Å². The van der Waals surface area contributed by atoms with E-state index >= 15 is 0 Å². The van der Waals surface area contributed by atoms with E-state index in [2.05, 4.69) is 25.2 Å². The van der Waals surface area contributed by atoms with Gasteiger partial charge in [-0.25, -0.2) is 14.8 Å². The van der Waals surface area contributed by atoms with Crippen molar-refractivity contribution < 1.29 is 14.6 Å². The first kappa shape index (κ1) is 17.5. The molecule has 0 saturated carbocycles. The highest BCUT2D eigenvalue weighted by Gasteiger charge is 2.19. The Kier molecular flexibility index (Phi) is 4.78. The van der Waals surface area contributed by atoms with Crippen LogP contribution < -0.4 is 5.32 Å². The maximum Gasteiger partial charge on any atom is 0.337 e. The van der Waals surface area contributed by atoms with Crippen LogP contribution in [0.5, 0.6) is 0 Å². The van der Waals surface area contributed by atoms with E-state index in [-0.39, 0.29) is 5.56 Å². The average molecular weight is 370 g/mol. The molecule has 0 aliphatic carbocycles. The Bertz CT molecular complexity index is 957. The maximum atomic E-state index is 11.4. The van der Waals surface area contributed by atoms with E-state index in [1.54, 1.807) is 29.1 Å². The summed E-state index contributed by atoms with van der Waals surface area (Å²) in [7, 11) is 0. The number of hydrogen-bond acceptors (Lipinski definition) is 6. The van der Waals surface area contributed by atoms with Crippen LogP contribution in [0.15, 0.2) is 24.7 Å². The molecule has 3 N–H and O–H groups in total. The second-order valence-corrected chi connectivity index (χ2v) is 6.50. The standard InChI is InChI=1S/C18H22N6O3/c1-12-15(21-11-20-12)16-17(19-4-5-23-6-8-27-9-7-23)24-10-13(18(25)26)2-3-14(24)22-16/h2-3,10-11,19H,4-9H2,1H3,(H,20,21)(H,25,26). The summed E-state index contributed by atoms with van der Waals surface area (Å²) in [5, 5.41) is 12.8. The number of anilines is 1. The van der Waals surface area contributed by atoms with Gasteiger partial charge >= 0.3 is 5.97 Å². The summed E-state index contributed by atoms with van der Waals surface area (Å²) in [5.41, 5.74) is 3.29. The maximum absolute atomic E-state index is 11.4. The molecule has 1 fully saturated rings. The molecule has 27 heavy (non-hydrogen) atoms. The van der Waals surface area contributed by atoms with Crippen LogP contribution in [0.4, 0.5) is 5.82 Å². The summed E-state index contributed by atoms with van der Waals surface area (Å²) in [5.74, 6) is -0.210. The first-order valence-corrected chi connectivity index (χ1v) is 8.93. The Morgan fingerprint density at radius 1 is 1.37 bits per heavy atom. The van der Waals surface area contributed by atoms with Gasteiger partial charge in [0.05, 0.1) is 36.5 Å². The molecule has 9 heteroatoms. The molecule has 9 nitrogen and oxygen atoms in total. The fraction of sp³-hybridized carbons (Fsp3) is 0.389. The molecule has 0 bridgehead atoms. The van der Waals surface area contributed by atoms with Crippen molar-refractivity contribution in [2.45, 2.75) is 6.92 Å². The lowest BCUT2D eigenvalue weighted by molar-refractivity contribution is 0.0398. The van der Waals surface area contributed by atoms with Crippen LogP contribution in [0, 0.1) is 6.92 Å². The molecule has 3 aromatic rings. The normalized spacial score (nSPS) is 15.3. The number of morpholine rings is 1. The summed E-state index contributed by atoms with van der Waals surface area (Å²) in [6, 6.07) is 3.28. The van der Waals surface area contributed by atoms with Crippen molar-refractivity contribution in [1.29, 1.82) is 0 Å². The van der Waals surface area contributed by atoms with Crippen molar-refractivity contribution in [3.8, 4) is 11.4 Å². The van der Waals surface area contributed by atoms with Gasteiger partial charge in [0.15, 0.2) is 0 Å². The first-order chi connectivity index (χ1) is 13.1. The number of imidazole rings is 2. The van der Waals surface area contributed by atoms with Crippen LogP contribution in [-0.2, 0) is 4.74 Å². The van der Waals surface area contributed by atoms with Crippen LogP contribution in [0.25, 0.3) is 17.0 Å². The predicted octanol–water partition coefficient (Wildman–Crippen LogP) is 1.48. The monoisotopic (exact) mass is 370 g/mol. The third-order valence-corrected chi connectivity index (χ3v) is 4.76. The van der Waals surface area contributed by atoms with Gasteiger partial charge in [0.2, 0.25) is 0 Å². The zero-order valence-corrected chi connectivity index (χ0v) is 15.1.